The molecule has 1 aliphatic heterocycles. The molecule has 0 spiro atoms. The number of rotatable bonds is 3. The summed E-state index contributed by atoms with van der Waals surface area (Å²) in [6.45, 7) is 6.38. The number of hydrogen-bond donors (Lipinski definition) is 0. The van der Waals surface area contributed by atoms with E-state index in [1.807, 2.05) is 24.3 Å². The molecule has 0 radical (unpaired) electrons. The van der Waals surface area contributed by atoms with E-state index in [9.17, 15) is 14.7 Å². The quantitative estimate of drug-likeness (QED) is 0.631. The summed E-state index contributed by atoms with van der Waals surface area (Å²) in [6, 6.07) is 13.7. The molecule has 5 nitrogen and oxygen atoms in total. The zero-order valence-electron chi connectivity index (χ0n) is 14.8. The lowest BCUT2D eigenvalue weighted by Gasteiger charge is -2.18. The van der Waals surface area contributed by atoms with Crippen molar-refractivity contribution in [1.82, 2.24) is 0 Å². The second-order valence-electron chi connectivity index (χ2n) is 7.07. The summed E-state index contributed by atoms with van der Waals surface area (Å²) in [4.78, 5) is 27.1. The molecular formula is C21H18NO4-. The van der Waals surface area contributed by atoms with Gasteiger partial charge in [0.05, 0.1) is 5.97 Å². The standard InChI is InChI=1S/C21H19NO4/c1-21(2,3)16-10-8-14(9-11-16)18-22-17(20(25)26-18)12-13-4-6-15(7-5-13)19(23)24/h4-12H,1-3H3,(H,23,24)/p-1/b17-12-. The number of carboxylic acid groups (broad SMARTS) is 1. The van der Waals surface area contributed by atoms with Gasteiger partial charge in [-0.25, -0.2) is 9.79 Å². The number of nitrogens with zero attached hydrogens (tertiary/aromatic N) is 1. The first-order chi connectivity index (χ1) is 12.2. The molecule has 0 saturated heterocycles. The van der Waals surface area contributed by atoms with Crippen molar-refractivity contribution in [2.75, 3.05) is 0 Å². The lowest BCUT2D eigenvalue weighted by atomic mass is 9.87. The zero-order chi connectivity index (χ0) is 18.9. The molecule has 0 N–H and O–H groups in total. The molecule has 0 saturated carbocycles. The van der Waals surface area contributed by atoms with Crippen LogP contribution in [0, 0.1) is 0 Å². The maximum Gasteiger partial charge on any atom is 0.363 e. The molecule has 1 aliphatic rings. The van der Waals surface area contributed by atoms with Crippen LogP contribution < -0.4 is 5.11 Å². The molecule has 0 atom stereocenters. The van der Waals surface area contributed by atoms with Crippen LogP contribution in [0.2, 0.25) is 0 Å². The van der Waals surface area contributed by atoms with Gasteiger partial charge in [-0.3, -0.25) is 0 Å². The Bertz CT molecular complexity index is 914. The highest BCUT2D eigenvalue weighted by molar-refractivity contribution is 6.12. The molecule has 132 valence electrons. The lowest BCUT2D eigenvalue weighted by molar-refractivity contribution is -0.255. The molecule has 0 bridgehead atoms. The molecule has 0 fully saturated rings. The van der Waals surface area contributed by atoms with Crippen molar-refractivity contribution in [3.8, 4) is 0 Å². The van der Waals surface area contributed by atoms with Gasteiger partial charge >= 0.3 is 5.97 Å². The second kappa shape index (κ2) is 6.59. The van der Waals surface area contributed by atoms with E-state index in [4.69, 9.17) is 4.74 Å². The van der Waals surface area contributed by atoms with Gasteiger partial charge in [0.15, 0.2) is 5.70 Å². The van der Waals surface area contributed by atoms with Crippen LogP contribution in [0.4, 0.5) is 0 Å². The molecule has 1 heterocycles. The van der Waals surface area contributed by atoms with Crippen LogP contribution in [-0.2, 0) is 14.9 Å². The molecule has 2 aromatic rings. The average molecular weight is 348 g/mol. The van der Waals surface area contributed by atoms with Crippen molar-refractivity contribution in [3.05, 3.63) is 76.5 Å². The molecule has 2 aromatic carbocycles. The van der Waals surface area contributed by atoms with E-state index >= 15 is 0 Å². The summed E-state index contributed by atoms with van der Waals surface area (Å²) >= 11 is 0. The number of hydrogen-bond acceptors (Lipinski definition) is 5. The lowest BCUT2D eigenvalue weighted by Crippen LogP contribution is -2.21. The fraction of sp³-hybridized carbons (Fsp3) is 0.190. The van der Waals surface area contributed by atoms with Gasteiger partial charge in [-0.05, 0) is 40.3 Å². The fourth-order valence-corrected chi connectivity index (χ4v) is 2.52. The van der Waals surface area contributed by atoms with Gasteiger partial charge in [0, 0.05) is 5.56 Å². The highest BCUT2D eigenvalue weighted by Gasteiger charge is 2.24. The summed E-state index contributed by atoms with van der Waals surface area (Å²) < 4.78 is 5.26. The summed E-state index contributed by atoms with van der Waals surface area (Å²) in [5.74, 6) is -1.53. The van der Waals surface area contributed by atoms with Gasteiger partial charge in [0.2, 0.25) is 5.90 Å². The predicted octanol–water partition coefficient (Wildman–Crippen LogP) is 2.69. The SMILES string of the molecule is CC(C)(C)c1ccc(C2=N/C(=C\c3ccc(C(=O)[O-])cc3)C(=O)O2)cc1. The third kappa shape index (κ3) is 3.72. The monoisotopic (exact) mass is 348 g/mol. The van der Waals surface area contributed by atoms with Crippen molar-refractivity contribution in [1.29, 1.82) is 0 Å². The van der Waals surface area contributed by atoms with Crippen LogP contribution in [0.3, 0.4) is 0 Å². The maximum absolute atomic E-state index is 12.1. The van der Waals surface area contributed by atoms with Crippen molar-refractivity contribution in [3.63, 3.8) is 0 Å². The van der Waals surface area contributed by atoms with Crippen LogP contribution >= 0.6 is 0 Å². The third-order valence-electron chi connectivity index (χ3n) is 4.07. The Kier molecular flexibility index (Phi) is 4.47. The minimum absolute atomic E-state index is 0.0371. The van der Waals surface area contributed by atoms with E-state index in [1.54, 1.807) is 18.2 Å². The van der Waals surface area contributed by atoms with E-state index in [2.05, 4.69) is 25.8 Å². The Morgan fingerprint density at radius 1 is 1.04 bits per heavy atom. The van der Waals surface area contributed by atoms with Gasteiger partial charge in [0.1, 0.15) is 0 Å². The van der Waals surface area contributed by atoms with Gasteiger partial charge in [-0.1, -0.05) is 57.2 Å². The summed E-state index contributed by atoms with van der Waals surface area (Å²) in [5.41, 5.74) is 2.83. The van der Waals surface area contributed by atoms with Crippen molar-refractivity contribution >= 4 is 23.9 Å². The number of carbonyl (C=O) groups excluding carboxylic acids is 2. The number of esters is 1. The molecule has 3 rings (SSSR count). The van der Waals surface area contributed by atoms with E-state index in [0.29, 0.717) is 5.56 Å². The highest BCUT2D eigenvalue weighted by atomic mass is 16.6. The highest BCUT2D eigenvalue weighted by Crippen LogP contribution is 2.24. The topological polar surface area (TPSA) is 78.8 Å². The van der Waals surface area contributed by atoms with Crippen molar-refractivity contribution in [2.45, 2.75) is 26.2 Å². The Morgan fingerprint density at radius 3 is 2.19 bits per heavy atom. The number of cyclic esters (lactones) is 1. The van der Waals surface area contributed by atoms with Crippen LogP contribution in [-0.4, -0.2) is 17.8 Å². The minimum atomic E-state index is -1.25. The first-order valence-corrected chi connectivity index (χ1v) is 8.19. The molecule has 5 heteroatoms. The Labute approximate surface area is 151 Å². The first-order valence-electron chi connectivity index (χ1n) is 8.19. The van der Waals surface area contributed by atoms with Gasteiger partial charge in [-0.2, -0.15) is 0 Å². The van der Waals surface area contributed by atoms with Crippen LogP contribution in [0.25, 0.3) is 6.08 Å². The van der Waals surface area contributed by atoms with E-state index in [-0.39, 0.29) is 22.6 Å². The Hall–Kier alpha value is -3.21. The molecule has 26 heavy (non-hydrogen) atoms. The number of carbonyl (C=O) groups is 2. The number of aromatic carboxylic acids is 1. The Morgan fingerprint density at radius 2 is 1.65 bits per heavy atom. The van der Waals surface area contributed by atoms with Crippen LogP contribution in [0.1, 0.15) is 47.8 Å². The van der Waals surface area contributed by atoms with Crippen LogP contribution in [0.15, 0.2) is 59.2 Å². The second-order valence-corrected chi connectivity index (χ2v) is 7.07. The molecule has 0 unspecified atom stereocenters. The van der Waals surface area contributed by atoms with E-state index in [0.717, 1.165) is 5.56 Å². The zero-order valence-corrected chi connectivity index (χ0v) is 14.8. The summed E-state index contributed by atoms with van der Waals surface area (Å²) in [7, 11) is 0. The number of benzene rings is 2. The van der Waals surface area contributed by atoms with Crippen LogP contribution in [0.5, 0.6) is 0 Å². The summed E-state index contributed by atoms with van der Waals surface area (Å²) in [6.07, 6.45) is 1.55. The first kappa shape index (κ1) is 17.6. The van der Waals surface area contributed by atoms with Gasteiger partial charge in [0.25, 0.3) is 0 Å². The largest absolute Gasteiger partial charge is 0.545 e. The fourth-order valence-electron chi connectivity index (χ4n) is 2.52. The number of carboxylic acids is 1. The van der Waals surface area contributed by atoms with Gasteiger partial charge < -0.3 is 14.6 Å². The van der Waals surface area contributed by atoms with E-state index in [1.165, 1.54) is 17.7 Å². The smallest absolute Gasteiger partial charge is 0.363 e. The molecular weight excluding hydrogens is 330 g/mol. The number of aliphatic imine (C=N–C) groups is 1. The van der Waals surface area contributed by atoms with Gasteiger partial charge in [-0.15, -0.1) is 0 Å². The Balaban J connectivity index is 1.85. The normalized spacial score (nSPS) is 15.7. The third-order valence-corrected chi connectivity index (χ3v) is 4.07. The molecule has 0 aromatic heterocycles. The predicted molar refractivity (Wildman–Crippen MR) is 96.5 cm³/mol. The maximum atomic E-state index is 12.1. The average Bonchev–Trinajstić information content (AvgIpc) is 2.95. The molecule has 0 amide bonds. The van der Waals surface area contributed by atoms with Crippen molar-refractivity contribution in [2.24, 2.45) is 4.99 Å². The number of ether oxygens (including phenoxy) is 1. The van der Waals surface area contributed by atoms with E-state index < -0.39 is 11.9 Å². The van der Waals surface area contributed by atoms with Crippen molar-refractivity contribution < 1.29 is 19.4 Å². The minimum Gasteiger partial charge on any atom is -0.545 e. The molecule has 0 aliphatic carbocycles. The summed E-state index contributed by atoms with van der Waals surface area (Å²) in [5, 5.41) is 10.8.